The van der Waals surface area contributed by atoms with Crippen LogP contribution in [0.4, 0.5) is 0 Å². The summed E-state index contributed by atoms with van der Waals surface area (Å²) in [5.41, 5.74) is 2.63. The Hall–Kier alpha value is -2.71. The lowest BCUT2D eigenvalue weighted by atomic mass is 10.1. The van der Waals surface area contributed by atoms with E-state index in [1.54, 1.807) is 31.2 Å². The molecule has 0 bridgehead atoms. The van der Waals surface area contributed by atoms with Gasteiger partial charge in [-0.1, -0.05) is 29.8 Å². The predicted molar refractivity (Wildman–Crippen MR) is 118 cm³/mol. The molecule has 0 spiro atoms. The first-order valence-corrected chi connectivity index (χ1v) is 12.1. The maximum absolute atomic E-state index is 12.7. The molecule has 0 unspecified atom stereocenters. The molecule has 1 amide bonds. The minimum absolute atomic E-state index is 0.216. The summed E-state index contributed by atoms with van der Waals surface area (Å²) in [4.78, 5) is 18.0. The van der Waals surface area contributed by atoms with Crippen LogP contribution in [0.3, 0.4) is 0 Å². The van der Waals surface area contributed by atoms with Crippen molar-refractivity contribution in [2.45, 2.75) is 38.3 Å². The van der Waals surface area contributed by atoms with Gasteiger partial charge in [-0.25, -0.2) is 13.4 Å². The van der Waals surface area contributed by atoms with Gasteiger partial charge >= 0.3 is 0 Å². The number of aryl methyl sites for hydroxylation is 2. The second kappa shape index (κ2) is 8.97. The number of ether oxygens (including phenoxy) is 1. The normalized spacial score (nSPS) is 12.4. The fraction of sp³-hybridized carbons (Fsp3) is 0.273. The van der Waals surface area contributed by atoms with E-state index in [1.807, 2.05) is 38.1 Å². The summed E-state index contributed by atoms with van der Waals surface area (Å²) in [7, 11) is -3.25. The summed E-state index contributed by atoms with van der Waals surface area (Å²) in [5.74, 6) is 0.539. The van der Waals surface area contributed by atoms with E-state index >= 15 is 0 Å². The molecule has 0 aliphatic carbocycles. The molecule has 1 atom stereocenters. The third-order valence-electron chi connectivity index (χ3n) is 4.59. The quantitative estimate of drug-likeness (QED) is 0.589. The number of rotatable bonds is 7. The van der Waals surface area contributed by atoms with Crippen LogP contribution in [0.15, 0.2) is 53.4 Å². The molecule has 6 nitrogen and oxygen atoms in total. The summed E-state index contributed by atoms with van der Waals surface area (Å²) >= 11 is 1.31. The number of hydrogen-bond donors (Lipinski definition) is 1. The number of carbonyl (C=O) groups excluding carboxylic acids is 1. The van der Waals surface area contributed by atoms with Crippen molar-refractivity contribution in [1.82, 2.24) is 10.3 Å². The van der Waals surface area contributed by atoms with E-state index in [0.29, 0.717) is 17.2 Å². The number of nitrogens with one attached hydrogen (secondary N) is 1. The Morgan fingerprint density at radius 2 is 1.73 bits per heavy atom. The third-order valence-corrected chi connectivity index (χ3v) is 6.84. The van der Waals surface area contributed by atoms with Crippen molar-refractivity contribution < 1.29 is 17.9 Å². The second-order valence-corrected chi connectivity index (χ2v) is 10.3. The number of benzene rings is 2. The molecule has 2 aromatic carbocycles. The number of amides is 1. The highest BCUT2D eigenvalue weighted by atomic mass is 32.2. The van der Waals surface area contributed by atoms with E-state index in [-0.39, 0.29) is 16.8 Å². The van der Waals surface area contributed by atoms with Gasteiger partial charge in [-0.05, 0) is 50.6 Å². The van der Waals surface area contributed by atoms with Crippen molar-refractivity contribution in [3.8, 4) is 5.75 Å². The highest BCUT2D eigenvalue weighted by Gasteiger charge is 2.18. The molecule has 1 heterocycles. The topological polar surface area (TPSA) is 85.4 Å². The zero-order valence-corrected chi connectivity index (χ0v) is 18.9. The summed E-state index contributed by atoms with van der Waals surface area (Å²) in [6, 6.07) is 14.0. The minimum atomic E-state index is -3.25. The van der Waals surface area contributed by atoms with Crippen LogP contribution < -0.4 is 10.1 Å². The Balaban J connectivity index is 1.64. The number of nitrogens with zero attached hydrogens (tertiary/aromatic N) is 1. The number of carbonyl (C=O) groups is 1. The number of hydrogen-bond acceptors (Lipinski definition) is 6. The van der Waals surface area contributed by atoms with Crippen molar-refractivity contribution >= 4 is 27.1 Å². The van der Waals surface area contributed by atoms with Gasteiger partial charge in [0.2, 0.25) is 0 Å². The molecule has 0 saturated carbocycles. The molecule has 3 aromatic rings. The van der Waals surface area contributed by atoms with Gasteiger partial charge in [-0.2, -0.15) is 0 Å². The first kappa shape index (κ1) is 22.0. The van der Waals surface area contributed by atoms with Crippen molar-refractivity contribution in [1.29, 1.82) is 0 Å². The average Bonchev–Trinajstić information content (AvgIpc) is 3.07. The van der Waals surface area contributed by atoms with Crippen LogP contribution in [0.5, 0.6) is 5.75 Å². The Morgan fingerprint density at radius 3 is 2.33 bits per heavy atom. The van der Waals surface area contributed by atoms with Gasteiger partial charge in [0, 0.05) is 6.26 Å². The summed E-state index contributed by atoms with van der Waals surface area (Å²) < 4.78 is 28.9. The monoisotopic (exact) mass is 444 g/mol. The van der Waals surface area contributed by atoms with Gasteiger partial charge in [0.15, 0.2) is 9.84 Å². The molecule has 158 valence electrons. The molecule has 0 aliphatic heterocycles. The zero-order valence-electron chi connectivity index (χ0n) is 17.3. The van der Waals surface area contributed by atoms with Crippen LogP contribution in [0, 0.1) is 13.8 Å². The van der Waals surface area contributed by atoms with E-state index in [4.69, 9.17) is 4.74 Å². The molecular formula is C22H24N2O4S2. The molecule has 8 heteroatoms. The van der Waals surface area contributed by atoms with Crippen LogP contribution in [0.2, 0.25) is 0 Å². The van der Waals surface area contributed by atoms with Crippen molar-refractivity contribution in [2.24, 2.45) is 0 Å². The number of aromatic nitrogens is 1. The van der Waals surface area contributed by atoms with Crippen LogP contribution in [0.25, 0.3) is 0 Å². The van der Waals surface area contributed by atoms with Gasteiger partial charge in [-0.15, -0.1) is 11.3 Å². The van der Waals surface area contributed by atoms with E-state index in [9.17, 15) is 13.2 Å². The molecule has 0 radical (unpaired) electrons. The molecule has 0 aliphatic rings. The maximum atomic E-state index is 12.7. The van der Waals surface area contributed by atoms with E-state index in [2.05, 4.69) is 10.3 Å². The van der Waals surface area contributed by atoms with Crippen LogP contribution in [-0.2, 0) is 16.4 Å². The second-order valence-electron chi connectivity index (χ2n) is 7.16. The smallest absolute Gasteiger partial charge is 0.263 e. The molecule has 30 heavy (non-hydrogen) atoms. The summed E-state index contributed by atoms with van der Waals surface area (Å²) in [5, 5.41) is 3.67. The number of thiazole rings is 1. The fourth-order valence-electron chi connectivity index (χ4n) is 2.85. The molecule has 3 rings (SSSR count). The molecule has 1 N–H and O–H groups in total. The van der Waals surface area contributed by atoms with E-state index in [0.717, 1.165) is 21.9 Å². The SMILES string of the molecule is Cc1ccc(OCc2nc(C)c(C(=O)N[C@H](C)c3ccc(S(C)(=O)=O)cc3)s2)cc1. The van der Waals surface area contributed by atoms with E-state index in [1.165, 1.54) is 17.6 Å². The molecular weight excluding hydrogens is 420 g/mol. The zero-order chi connectivity index (χ0) is 21.9. The van der Waals surface area contributed by atoms with Crippen molar-refractivity contribution in [2.75, 3.05) is 6.26 Å². The highest BCUT2D eigenvalue weighted by molar-refractivity contribution is 7.90. The predicted octanol–water partition coefficient (Wildman–Crippen LogP) is 4.23. The van der Waals surface area contributed by atoms with Crippen molar-refractivity contribution in [3.63, 3.8) is 0 Å². The summed E-state index contributed by atoms with van der Waals surface area (Å²) in [6.45, 7) is 5.96. The number of sulfone groups is 1. The highest BCUT2D eigenvalue weighted by Crippen LogP contribution is 2.22. The average molecular weight is 445 g/mol. The lowest BCUT2D eigenvalue weighted by Gasteiger charge is -2.14. The van der Waals surface area contributed by atoms with Gasteiger partial charge in [0.1, 0.15) is 22.2 Å². The Kier molecular flexibility index (Phi) is 6.58. The van der Waals surface area contributed by atoms with Crippen LogP contribution in [0.1, 0.15) is 44.5 Å². The van der Waals surface area contributed by atoms with Gasteiger partial charge in [0.05, 0.1) is 16.6 Å². The summed E-state index contributed by atoms with van der Waals surface area (Å²) in [6.07, 6.45) is 1.17. The van der Waals surface area contributed by atoms with Crippen molar-refractivity contribution in [3.05, 3.63) is 75.2 Å². The maximum Gasteiger partial charge on any atom is 0.263 e. The molecule has 0 saturated heterocycles. The van der Waals surface area contributed by atoms with Gasteiger partial charge < -0.3 is 10.1 Å². The standard InChI is InChI=1S/C22H24N2O4S2/c1-14-5-9-18(10-6-14)28-13-20-23-16(3)21(29-20)22(25)24-15(2)17-7-11-19(12-8-17)30(4,26)27/h5-12,15H,13H2,1-4H3,(H,24,25)/t15-/m1/s1. The fourth-order valence-corrected chi connectivity index (χ4v) is 4.36. The van der Waals surface area contributed by atoms with Crippen LogP contribution >= 0.6 is 11.3 Å². The van der Waals surface area contributed by atoms with Gasteiger partial charge in [-0.3, -0.25) is 4.79 Å². The first-order valence-electron chi connectivity index (χ1n) is 9.40. The van der Waals surface area contributed by atoms with E-state index < -0.39 is 9.84 Å². The first-order chi connectivity index (χ1) is 14.1. The van der Waals surface area contributed by atoms with Gasteiger partial charge in [0.25, 0.3) is 5.91 Å². The molecule has 1 aromatic heterocycles. The Morgan fingerprint density at radius 1 is 1.10 bits per heavy atom. The Labute approximate surface area is 180 Å². The lowest BCUT2D eigenvalue weighted by Crippen LogP contribution is -2.26. The lowest BCUT2D eigenvalue weighted by molar-refractivity contribution is 0.0943. The third kappa shape index (κ3) is 5.46. The minimum Gasteiger partial charge on any atom is -0.486 e. The molecule has 0 fully saturated rings. The largest absolute Gasteiger partial charge is 0.486 e. The van der Waals surface area contributed by atoms with Crippen LogP contribution in [-0.4, -0.2) is 25.6 Å². The Bertz CT molecular complexity index is 1130.